The second-order valence-corrected chi connectivity index (χ2v) is 10.2. The van der Waals surface area contributed by atoms with Gasteiger partial charge in [0, 0.05) is 19.8 Å². The minimum atomic E-state index is -0.0862. The van der Waals surface area contributed by atoms with E-state index in [0.717, 1.165) is 24.0 Å². The van der Waals surface area contributed by atoms with Crippen LogP contribution < -0.4 is 9.47 Å². The molecule has 5 heteroatoms. The Hall–Kier alpha value is -1.56. The van der Waals surface area contributed by atoms with Crippen molar-refractivity contribution in [1.82, 2.24) is 0 Å². The molecule has 0 aliphatic heterocycles. The van der Waals surface area contributed by atoms with Gasteiger partial charge >= 0.3 is 0 Å². The number of rotatable bonds is 9. The Balaban J connectivity index is 2.02. The van der Waals surface area contributed by atoms with Crippen molar-refractivity contribution in [3.63, 3.8) is 0 Å². The molecular formula is C26H40O5. The zero-order chi connectivity index (χ0) is 22.6. The van der Waals surface area contributed by atoms with Crippen LogP contribution in [0.3, 0.4) is 0 Å². The highest BCUT2D eigenvalue weighted by Gasteiger charge is 2.53. The maximum absolute atomic E-state index is 9.76. The molecule has 0 saturated heterocycles. The van der Waals surface area contributed by atoms with Crippen molar-refractivity contribution in [3.8, 4) is 11.5 Å². The van der Waals surface area contributed by atoms with E-state index in [1.165, 1.54) is 31.3 Å². The summed E-state index contributed by atoms with van der Waals surface area (Å²) in [5.41, 5.74) is 3.62. The SMILES string of the molecule is C=C1CC[C@H]2C(C)(C)CCC[C@]2(C)[C@H]1Cc1c(OCOC)cc(CO)cc1OCOC. The molecule has 0 spiro atoms. The van der Waals surface area contributed by atoms with Crippen LogP contribution >= 0.6 is 0 Å². The van der Waals surface area contributed by atoms with E-state index < -0.39 is 0 Å². The number of benzene rings is 1. The van der Waals surface area contributed by atoms with Gasteiger partial charge in [0.2, 0.25) is 0 Å². The van der Waals surface area contributed by atoms with Crippen LogP contribution in [0, 0.1) is 22.7 Å². The van der Waals surface area contributed by atoms with Crippen LogP contribution in [0.1, 0.15) is 64.0 Å². The first-order valence-electron chi connectivity index (χ1n) is 11.4. The number of aliphatic hydroxyl groups excluding tert-OH is 1. The molecule has 0 bridgehead atoms. The number of aliphatic hydroxyl groups is 1. The molecule has 1 N–H and O–H groups in total. The van der Waals surface area contributed by atoms with Gasteiger partial charge in [-0.25, -0.2) is 0 Å². The molecule has 31 heavy (non-hydrogen) atoms. The molecule has 0 heterocycles. The van der Waals surface area contributed by atoms with Gasteiger partial charge in [0.05, 0.1) is 6.61 Å². The van der Waals surface area contributed by atoms with E-state index in [0.29, 0.717) is 28.7 Å². The van der Waals surface area contributed by atoms with E-state index in [1.54, 1.807) is 14.2 Å². The van der Waals surface area contributed by atoms with Gasteiger partial charge in [-0.1, -0.05) is 39.3 Å². The summed E-state index contributed by atoms with van der Waals surface area (Å²) in [5.74, 6) is 2.43. The summed E-state index contributed by atoms with van der Waals surface area (Å²) < 4.78 is 22.2. The lowest BCUT2D eigenvalue weighted by Crippen LogP contribution is -2.50. The third-order valence-corrected chi connectivity index (χ3v) is 7.80. The van der Waals surface area contributed by atoms with E-state index in [2.05, 4.69) is 27.4 Å². The Morgan fingerprint density at radius 3 is 2.19 bits per heavy atom. The Morgan fingerprint density at radius 1 is 1.03 bits per heavy atom. The van der Waals surface area contributed by atoms with Crippen LogP contribution in [-0.4, -0.2) is 32.9 Å². The summed E-state index contributed by atoms with van der Waals surface area (Å²) in [7, 11) is 3.22. The first kappa shape index (κ1) is 24.1. The van der Waals surface area contributed by atoms with Crippen LogP contribution in [0.4, 0.5) is 0 Å². The highest BCUT2D eigenvalue weighted by atomic mass is 16.7. The van der Waals surface area contributed by atoms with Crippen molar-refractivity contribution in [2.45, 2.75) is 65.9 Å². The maximum Gasteiger partial charge on any atom is 0.188 e. The second-order valence-electron chi connectivity index (χ2n) is 10.2. The fourth-order valence-electron chi connectivity index (χ4n) is 6.32. The van der Waals surface area contributed by atoms with Crippen molar-refractivity contribution in [1.29, 1.82) is 0 Å². The van der Waals surface area contributed by atoms with E-state index in [1.807, 2.05) is 12.1 Å². The molecule has 0 aromatic heterocycles. The summed E-state index contributed by atoms with van der Waals surface area (Å²) in [5, 5.41) is 9.76. The fourth-order valence-corrected chi connectivity index (χ4v) is 6.32. The van der Waals surface area contributed by atoms with Crippen LogP contribution in [-0.2, 0) is 22.5 Å². The first-order valence-corrected chi connectivity index (χ1v) is 11.4. The van der Waals surface area contributed by atoms with E-state index in [9.17, 15) is 5.11 Å². The van der Waals surface area contributed by atoms with Gasteiger partial charge in [-0.2, -0.15) is 0 Å². The predicted molar refractivity (Wildman–Crippen MR) is 122 cm³/mol. The van der Waals surface area contributed by atoms with Gasteiger partial charge in [-0.3, -0.25) is 0 Å². The highest BCUT2D eigenvalue weighted by Crippen LogP contribution is 2.61. The third-order valence-electron chi connectivity index (χ3n) is 7.80. The predicted octanol–water partition coefficient (Wildman–Crippen LogP) is 5.49. The summed E-state index contributed by atoms with van der Waals surface area (Å²) in [4.78, 5) is 0. The summed E-state index contributed by atoms with van der Waals surface area (Å²) in [6.45, 7) is 12.1. The van der Waals surface area contributed by atoms with Crippen molar-refractivity contribution in [3.05, 3.63) is 35.4 Å². The Morgan fingerprint density at radius 2 is 1.65 bits per heavy atom. The molecule has 1 aromatic carbocycles. The molecule has 2 fully saturated rings. The molecule has 3 atom stereocenters. The molecule has 174 valence electrons. The quantitative estimate of drug-likeness (QED) is 0.413. The summed E-state index contributed by atoms with van der Waals surface area (Å²) in [6.07, 6.45) is 6.87. The normalized spacial score (nSPS) is 27.6. The number of methoxy groups -OCH3 is 2. The number of ether oxygens (including phenoxy) is 4. The van der Waals surface area contributed by atoms with Crippen LogP contribution in [0.5, 0.6) is 11.5 Å². The zero-order valence-corrected chi connectivity index (χ0v) is 20.0. The van der Waals surface area contributed by atoms with Crippen LogP contribution in [0.25, 0.3) is 0 Å². The molecule has 1 aromatic rings. The minimum absolute atomic E-state index is 0.0862. The smallest absolute Gasteiger partial charge is 0.188 e. The Labute approximate surface area is 187 Å². The van der Waals surface area contributed by atoms with Gasteiger partial charge < -0.3 is 24.1 Å². The summed E-state index contributed by atoms with van der Waals surface area (Å²) in [6, 6.07) is 3.79. The largest absolute Gasteiger partial charge is 0.467 e. The zero-order valence-electron chi connectivity index (χ0n) is 20.0. The van der Waals surface area contributed by atoms with Gasteiger partial charge in [0.25, 0.3) is 0 Å². The average molecular weight is 433 g/mol. The highest BCUT2D eigenvalue weighted by molar-refractivity contribution is 5.49. The minimum Gasteiger partial charge on any atom is -0.467 e. The number of fused-ring (bicyclic) bond motifs is 1. The summed E-state index contributed by atoms with van der Waals surface area (Å²) >= 11 is 0. The molecule has 5 nitrogen and oxygen atoms in total. The third kappa shape index (κ3) is 4.94. The van der Waals surface area contributed by atoms with E-state index in [-0.39, 0.29) is 25.6 Å². The fraction of sp³-hybridized carbons (Fsp3) is 0.692. The van der Waals surface area contributed by atoms with Crippen molar-refractivity contribution in [2.75, 3.05) is 27.8 Å². The molecule has 0 radical (unpaired) electrons. The van der Waals surface area contributed by atoms with Crippen molar-refractivity contribution >= 4 is 0 Å². The first-order chi connectivity index (χ1) is 14.8. The lowest BCUT2D eigenvalue weighted by atomic mass is 9.47. The molecule has 0 unspecified atom stereocenters. The number of hydrogen-bond acceptors (Lipinski definition) is 5. The lowest BCUT2D eigenvalue weighted by molar-refractivity contribution is -0.0522. The molecular weight excluding hydrogens is 392 g/mol. The molecule has 2 saturated carbocycles. The Kier molecular flexibility index (Phi) is 7.72. The monoisotopic (exact) mass is 432 g/mol. The average Bonchev–Trinajstić information content (AvgIpc) is 2.73. The van der Waals surface area contributed by atoms with Crippen LogP contribution in [0.2, 0.25) is 0 Å². The van der Waals surface area contributed by atoms with E-state index >= 15 is 0 Å². The number of allylic oxidation sites excluding steroid dienone is 1. The van der Waals surface area contributed by atoms with E-state index in [4.69, 9.17) is 18.9 Å². The van der Waals surface area contributed by atoms with Crippen molar-refractivity contribution in [2.24, 2.45) is 22.7 Å². The van der Waals surface area contributed by atoms with Crippen molar-refractivity contribution < 1.29 is 24.1 Å². The van der Waals surface area contributed by atoms with Gasteiger partial charge in [0.1, 0.15) is 11.5 Å². The molecule has 2 aliphatic rings. The van der Waals surface area contributed by atoms with Gasteiger partial charge in [0.15, 0.2) is 13.6 Å². The van der Waals surface area contributed by atoms with Gasteiger partial charge in [-0.15, -0.1) is 0 Å². The molecule has 2 aliphatic carbocycles. The lowest BCUT2D eigenvalue weighted by Gasteiger charge is -2.58. The van der Waals surface area contributed by atoms with Gasteiger partial charge in [-0.05, 0) is 72.5 Å². The molecule has 0 amide bonds. The maximum atomic E-state index is 9.76. The second kappa shape index (κ2) is 9.93. The molecule has 3 rings (SSSR count). The Bertz CT molecular complexity index is 742. The van der Waals surface area contributed by atoms with Crippen LogP contribution in [0.15, 0.2) is 24.3 Å². The standard InChI is InChI=1S/C26H40O5/c1-18-8-9-24-25(2,3)10-7-11-26(24,4)21(18)14-20-22(30-16-28-5)12-19(15-27)13-23(20)31-17-29-6/h12-13,21,24,27H,1,7-11,14-17H2,2-6H3/t21-,24-,26+/m0/s1. The topological polar surface area (TPSA) is 57.2 Å². The number of hydrogen-bond donors (Lipinski definition) is 1.